The molecule has 0 saturated heterocycles. The van der Waals surface area contributed by atoms with E-state index in [0.717, 1.165) is 17.5 Å². The van der Waals surface area contributed by atoms with Gasteiger partial charge >= 0.3 is 6.18 Å². The highest BCUT2D eigenvalue weighted by Gasteiger charge is 2.34. The van der Waals surface area contributed by atoms with Gasteiger partial charge < -0.3 is 11.1 Å². The zero-order valence-electron chi connectivity index (χ0n) is 14.5. The lowest BCUT2D eigenvalue weighted by molar-refractivity contribution is -0.138. The molecule has 0 radical (unpaired) electrons. The Morgan fingerprint density at radius 3 is 2.56 bits per heavy atom. The molecule has 2 heterocycles. The van der Waals surface area contributed by atoms with Gasteiger partial charge in [-0.1, -0.05) is 17.7 Å². The molecule has 0 bridgehead atoms. The molecule has 1 aromatic carbocycles. The lowest BCUT2D eigenvalue weighted by Gasteiger charge is -2.16. The van der Waals surface area contributed by atoms with E-state index in [0.29, 0.717) is 5.69 Å². The molecule has 6 nitrogen and oxygen atoms in total. The Kier molecular flexibility index (Phi) is 4.97. The van der Waals surface area contributed by atoms with Crippen molar-refractivity contribution in [2.24, 2.45) is 0 Å². The van der Waals surface area contributed by atoms with Crippen LogP contribution in [-0.2, 0) is 12.7 Å². The quantitative estimate of drug-likeness (QED) is 0.692. The Bertz CT molecular complexity index is 983. The first-order valence-corrected chi connectivity index (χ1v) is 8.28. The number of hydrogen-bond donors (Lipinski definition) is 2. The van der Waals surface area contributed by atoms with E-state index in [-0.39, 0.29) is 28.8 Å². The van der Waals surface area contributed by atoms with Crippen LogP contribution in [0.5, 0.6) is 0 Å². The van der Waals surface area contributed by atoms with E-state index in [1.54, 1.807) is 26.0 Å². The van der Waals surface area contributed by atoms with Crippen LogP contribution in [-0.4, -0.2) is 19.7 Å². The summed E-state index contributed by atoms with van der Waals surface area (Å²) in [6.45, 7) is 3.43. The average Bonchev–Trinajstić information content (AvgIpc) is 2.93. The summed E-state index contributed by atoms with van der Waals surface area (Å²) in [5, 5.41) is 7.07. The first kappa shape index (κ1) is 19.0. The molecule has 3 rings (SSSR count). The van der Waals surface area contributed by atoms with E-state index in [4.69, 9.17) is 17.3 Å². The standard InChI is InChI=1S/C17H16ClF3N6/c1-9-5-10(2)27(26-9)12-4-3-11(13(6-12)17(19,20)21)7-23-16-14(18)15(22)24-8-25-16/h3-6,8H,7H2,1-2H3,(H3,22,23,24,25). The van der Waals surface area contributed by atoms with Crippen LogP contribution in [0.3, 0.4) is 0 Å². The average molecular weight is 397 g/mol. The van der Waals surface area contributed by atoms with Crippen molar-refractivity contribution in [3.63, 3.8) is 0 Å². The second kappa shape index (κ2) is 7.07. The molecule has 0 aliphatic carbocycles. The zero-order chi connectivity index (χ0) is 19.8. The van der Waals surface area contributed by atoms with Gasteiger partial charge in [-0.3, -0.25) is 0 Å². The number of aromatic nitrogens is 4. The molecule has 27 heavy (non-hydrogen) atoms. The fourth-order valence-corrected chi connectivity index (χ4v) is 2.85. The molecule has 0 amide bonds. The minimum Gasteiger partial charge on any atom is -0.382 e. The van der Waals surface area contributed by atoms with Gasteiger partial charge in [0.2, 0.25) is 0 Å². The summed E-state index contributed by atoms with van der Waals surface area (Å²) in [5.74, 6) is 0.213. The van der Waals surface area contributed by atoms with Crippen LogP contribution in [0.25, 0.3) is 5.69 Å². The molecule has 142 valence electrons. The number of nitrogens with two attached hydrogens (primary N) is 1. The van der Waals surface area contributed by atoms with E-state index in [9.17, 15) is 13.2 Å². The number of rotatable bonds is 4. The molecule has 3 N–H and O–H groups in total. The van der Waals surface area contributed by atoms with Gasteiger partial charge in [-0.15, -0.1) is 0 Å². The minimum absolute atomic E-state index is 0.0426. The predicted octanol–water partition coefficient (Wildman–Crippen LogP) is 4.15. The van der Waals surface area contributed by atoms with Crippen molar-refractivity contribution >= 4 is 23.2 Å². The SMILES string of the molecule is Cc1cc(C)n(-c2ccc(CNc3ncnc(N)c3Cl)c(C(F)(F)F)c2)n1. The van der Waals surface area contributed by atoms with Crippen LogP contribution < -0.4 is 11.1 Å². The van der Waals surface area contributed by atoms with Gasteiger partial charge in [0.25, 0.3) is 0 Å². The van der Waals surface area contributed by atoms with Gasteiger partial charge in [0.15, 0.2) is 5.82 Å². The van der Waals surface area contributed by atoms with Crippen LogP contribution >= 0.6 is 11.6 Å². The Labute approximate surface area is 158 Å². The predicted molar refractivity (Wildman–Crippen MR) is 96.8 cm³/mol. The van der Waals surface area contributed by atoms with Gasteiger partial charge in [0.05, 0.1) is 16.9 Å². The summed E-state index contributed by atoms with van der Waals surface area (Å²) >= 11 is 5.97. The third-order valence-electron chi connectivity index (χ3n) is 3.92. The molecule has 0 atom stereocenters. The van der Waals surface area contributed by atoms with Crippen molar-refractivity contribution in [1.82, 2.24) is 19.7 Å². The molecule has 0 saturated carbocycles. The summed E-state index contributed by atoms with van der Waals surface area (Å²) in [7, 11) is 0. The molecular weight excluding hydrogens is 381 g/mol. The maximum atomic E-state index is 13.6. The largest absolute Gasteiger partial charge is 0.416 e. The van der Waals surface area contributed by atoms with Crippen LogP contribution in [0.1, 0.15) is 22.5 Å². The summed E-state index contributed by atoms with van der Waals surface area (Å²) < 4.78 is 42.2. The van der Waals surface area contributed by atoms with Crippen molar-refractivity contribution < 1.29 is 13.2 Å². The minimum atomic E-state index is -4.53. The maximum absolute atomic E-state index is 13.6. The van der Waals surface area contributed by atoms with Crippen LogP contribution in [0.4, 0.5) is 24.8 Å². The van der Waals surface area contributed by atoms with Crippen LogP contribution in [0.15, 0.2) is 30.6 Å². The number of aryl methyl sites for hydroxylation is 2. The first-order valence-electron chi connectivity index (χ1n) is 7.90. The van der Waals surface area contributed by atoms with E-state index in [2.05, 4.69) is 20.4 Å². The van der Waals surface area contributed by atoms with Crippen molar-refractivity contribution in [1.29, 1.82) is 0 Å². The van der Waals surface area contributed by atoms with Crippen molar-refractivity contribution in [3.05, 3.63) is 58.1 Å². The van der Waals surface area contributed by atoms with Crippen molar-refractivity contribution in [3.8, 4) is 5.69 Å². The van der Waals surface area contributed by atoms with Gasteiger partial charge in [-0.2, -0.15) is 18.3 Å². The van der Waals surface area contributed by atoms with Crippen molar-refractivity contribution in [2.45, 2.75) is 26.6 Å². The highest BCUT2D eigenvalue weighted by Crippen LogP contribution is 2.34. The molecule has 0 aliphatic rings. The van der Waals surface area contributed by atoms with Gasteiger partial charge in [-0.25, -0.2) is 14.6 Å². The number of nitrogens with zero attached hydrogens (tertiary/aromatic N) is 4. The summed E-state index contributed by atoms with van der Waals surface area (Å²) in [6.07, 6.45) is -3.35. The molecular formula is C17H16ClF3N6. The number of anilines is 2. The smallest absolute Gasteiger partial charge is 0.382 e. The zero-order valence-corrected chi connectivity index (χ0v) is 15.2. The van der Waals surface area contributed by atoms with Gasteiger partial charge in [0.1, 0.15) is 17.2 Å². The normalized spacial score (nSPS) is 11.6. The number of alkyl halides is 3. The number of nitrogen functional groups attached to an aromatic ring is 1. The van der Waals surface area contributed by atoms with E-state index >= 15 is 0 Å². The molecule has 2 aromatic heterocycles. The van der Waals surface area contributed by atoms with E-state index in [1.807, 2.05) is 0 Å². The molecule has 0 fully saturated rings. The molecule has 10 heteroatoms. The Morgan fingerprint density at radius 1 is 1.19 bits per heavy atom. The topological polar surface area (TPSA) is 81.7 Å². The van der Waals surface area contributed by atoms with Crippen molar-refractivity contribution in [2.75, 3.05) is 11.1 Å². The first-order chi connectivity index (χ1) is 12.7. The second-order valence-electron chi connectivity index (χ2n) is 5.95. The molecule has 0 spiro atoms. The van der Waals surface area contributed by atoms with E-state index < -0.39 is 11.7 Å². The number of benzene rings is 1. The Hall–Kier alpha value is -2.81. The monoisotopic (exact) mass is 396 g/mol. The highest BCUT2D eigenvalue weighted by atomic mass is 35.5. The summed E-state index contributed by atoms with van der Waals surface area (Å²) in [5.41, 5.74) is 6.66. The highest BCUT2D eigenvalue weighted by molar-refractivity contribution is 6.35. The number of halogens is 4. The Morgan fingerprint density at radius 2 is 1.93 bits per heavy atom. The summed E-state index contributed by atoms with van der Waals surface area (Å²) in [4.78, 5) is 7.61. The van der Waals surface area contributed by atoms with Crippen LogP contribution in [0.2, 0.25) is 5.02 Å². The van der Waals surface area contributed by atoms with Gasteiger partial charge in [-0.05, 0) is 37.6 Å². The summed E-state index contributed by atoms with van der Waals surface area (Å²) in [6, 6.07) is 5.86. The van der Waals surface area contributed by atoms with E-state index in [1.165, 1.54) is 17.1 Å². The number of hydrogen-bond acceptors (Lipinski definition) is 5. The van der Waals surface area contributed by atoms with Crippen LogP contribution in [0, 0.1) is 13.8 Å². The number of nitrogens with one attached hydrogen (secondary N) is 1. The molecule has 0 aliphatic heterocycles. The molecule has 3 aromatic rings. The molecule has 0 unspecified atom stereocenters. The van der Waals surface area contributed by atoms with Gasteiger partial charge in [0, 0.05) is 12.2 Å². The maximum Gasteiger partial charge on any atom is 0.416 e. The third-order valence-corrected chi connectivity index (χ3v) is 4.29. The lowest BCUT2D eigenvalue weighted by atomic mass is 10.1. The fourth-order valence-electron chi connectivity index (χ4n) is 2.69. The Balaban J connectivity index is 1.95. The lowest BCUT2D eigenvalue weighted by Crippen LogP contribution is -2.14. The third kappa shape index (κ3) is 3.97. The second-order valence-corrected chi connectivity index (χ2v) is 6.33. The fraction of sp³-hybridized carbons (Fsp3) is 0.235.